The second kappa shape index (κ2) is 11.1. The Hall–Kier alpha value is -3.09. The Kier molecular flexibility index (Phi) is 8.26. The largest absolute Gasteiger partial charge is 0.349 e. The highest BCUT2D eigenvalue weighted by molar-refractivity contribution is 7.14. The van der Waals surface area contributed by atoms with Gasteiger partial charge in [-0.25, -0.2) is 9.97 Å². The summed E-state index contributed by atoms with van der Waals surface area (Å²) in [5, 5.41) is 8.93. The molecule has 2 aliphatic rings. The van der Waals surface area contributed by atoms with Crippen molar-refractivity contribution >= 4 is 52.4 Å². The zero-order chi connectivity index (χ0) is 29.6. The molecule has 0 saturated heterocycles. The number of rotatable bonds is 5. The van der Waals surface area contributed by atoms with E-state index in [0.29, 0.717) is 29.3 Å². The van der Waals surface area contributed by atoms with Gasteiger partial charge in [-0.1, -0.05) is 11.6 Å². The topological polar surface area (TPSA) is 137 Å². The summed E-state index contributed by atoms with van der Waals surface area (Å²) in [7, 11) is 5.43. The predicted molar refractivity (Wildman–Crippen MR) is 153 cm³/mol. The van der Waals surface area contributed by atoms with Crippen LogP contribution in [0.3, 0.4) is 0 Å². The third-order valence-electron chi connectivity index (χ3n) is 8.08. The lowest BCUT2D eigenvalue weighted by molar-refractivity contribution is -0.137. The Morgan fingerprint density at radius 3 is 2.33 bits per heavy atom. The number of fused-ring (bicyclic) bond motifs is 1. The van der Waals surface area contributed by atoms with Gasteiger partial charge in [-0.2, -0.15) is 0 Å². The van der Waals surface area contributed by atoms with Gasteiger partial charge < -0.3 is 20.9 Å². The zero-order valence-electron chi connectivity index (χ0n) is 23.8. The third kappa shape index (κ3) is 5.70. The fourth-order valence-corrected chi connectivity index (χ4v) is 6.81. The van der Waals surface area contributed by atoms with Crippen molar-refractivity contribution in [2.24, 2.45) is 5.92 Å². The first kappa shape index (κ1) is 29.9. The lowest BCUT2D eigenvalue weighted by Crippen LogP contribution is -2.57. The number of hydrogen-bond acceptors (Lipinski definition) is 8. The number of anilines is 1. The first-order chi connectivity index (χ1) is 18.6. The molecule has 0 unspecified atom stereocenters. The summed E-state index contributed by atoms with van der Waals surface area (Å²) in [5.74, 6) is -2.31. The van der Waals surface area contributed by atoms with E-state index >= 15 is 0 Å². The van der Waals surface area contributed by atoms with Crippen LogP contribution in [-0.2, 0) is 25.5 Å². The van der Waals surface area contributed by atoms with Gasteiger partial charge >= 0.3 is 11.8 Å². The Morgan fingerprint density at radius 2 is 1.73 bits per heavy atom. The summed E-state index contributed by atoms with van der Waals surface area (Å²) in [5.41, 5.74) is 0.244. The predicted octanol–water partition coefficient (Wildman–Crippen LogP) is 2.72. The highest BCUT2D eigenvalue weighted by Gasteiger charge is 2.50. The van der Waals surface area contributed by atoms with Crippen LogP contribution in [0.2, 0.25) is 5.02 Å². The molecular formula is C27H36ClN7O4S. The number of nitrogens with one attached hydrogen (secondary N) is 3. The minimum atomic E-state index is -0.892. The average molecular weight is 590 g/mol. The Bertz CT molecular complexity index is 1290. The molecule has 13 heteroatoms. The number of hydrogen-bond donors (Lipinski definition) is 3. The van der Waals surface area contributed by atoms with Gasteiger partial charge in [0.15, 0.2) is 5.01 Å². The number of carbonyl (C=O) groups excluding carboxylic acids is 4. The molecule has 3 atom stereocenters. The van der Waals surface area contributed by atoms with E-state index in [1.807, 2.05) is 7.05 Å². The van der Waals surface area contributed by atoms with E-state index in [9.17, 15) is 19.2 Å². The molecule has 216 valence electrons. The lowest BCUT2D eigenvalue weighted by atomic mass is 9.81. The first-order valence-electron chi connectivity index (χ1n) is 13.1. The van der Waals surface area contributed by atoms with E-state index in [2.05, 4.69) is 53.5 Å². The van der Waals surface area contributed by atoms with Crippen LogP contribution in [0.5, 0.6) is 0 Å². The molecule has 0 spiro atoms. The molecule has 0 radical (unpaired) electrons. The molecule has 1 aliphatic carbocycles. The number of thiazole rings is 1. The van der Waals surface area contributed by atoms with E-state index < -0.39 is 23.9 Å². The molecule has 4 amide bonds. The molecule has 2 aromatic heterocycles. The van der Waals surface area contributed by atoms with Crippen molar-refractivity contribution in [3.63, 3.8) is 0 Å². The number of halogens is 1. The van der Waals surface area contributed by atoms with Crippen molar-refractivity contribution in [1.82, 2.24) is 30.4 Å². The zero-order valence-corrected chi connectivity index (χ0v) is 25.4. The molecule has 1 saturated carbocycles. The minimum Gasteiger partial charge on any atom is -0.349 e. The van der Waals surface area contributed by atoms with Crippen LogP contribution in [0.15, 0.2) is 18.3 Å². The van der Waals surface area contributed by atoms with Gasteiger partial charge in [0.25, 0.3) is 5.91 Å². The highest BCUT2D eigenvalue weighted by Crippen LogP contribution is 2.50. The number of nitrogens with zero attached hydrogens (tertiary/aromatic N) is 4. The normalized spacial score (nSPS) is 23.1. The van der Waals surface area contributed by atoms with Gasteiger partial charge in [0, 0.05) is 32.3 Å². The molecule has 11 nitrogen and oxygen atoms in total. The molecule has 2 aromatic rings. The maximum absolute atomic E-state index is 13.5. The van der Waals surface area contributed by atoms with Crippen LogP contribution >= 0.6 is 22.9 Å². The molecule has 3 heterocycles. The van der Waals surface area contributed by atoms with Crippen molar-refractivity contribution in [3.05, 3.63) is 38.9 Å². The Balaban J connectivity index is 1.51. The Labute approximate surface area is 243 Å². The fraction of sp³-hybridized carbons (Fsp3) is 0.556. The summed E-state index contributed by atoms with van der Waals surface area (Å²) in [6, 6.07) is 1.89. The molecule has 40 heavy (non-hydrogen) atoms. The van der Waals surface area contributed by atoms with E-state index in [1.165, 1.54) is 28.5 Å². The van der Waals surface area contributed by atoms with Gasteiger partial charge in [-0.15, -0.1) is 11.3 Å². The average Bonchev–Trinajstić information content (AvgIpc) is 3.41. The Morgan fingerprint density at radius 1 is 1.02 bits per heavy atom. The lowest BCUT2D eigenvalue weighted by Gasteiger charge is -2.37. The van der Waals surface area contributed by atoms with Gasteiger partial charge in [0.1, 0.15) is 5.82 Å². The second-order valence-electron chi connectivity index (χ2n) is 11.6. The molecule has 1 fully saturated rings. The van der Waals surface area contributed by atoms with Crippen molar-refractivity contribution in [2.45, 2.75) is 70.1 Å². The number of carbonyl (C=O) groups is 4. The quantitative estimate of drug-likeness (QED) is 0.456. The van der Waals surface area contributed by atoms with Gasteiger partial charge in [-0.3, -0.25) is 24.1 Å². The highest BCUT2D eigenvalue weighted by atomic mass is 35.5. The number of aromatic nitrogens is 2. The van der Waals surface area contributed by atoms with Gasteiger partial charge in [0.05, 0.1) is 32.7 Å². The van der Waals surface area contributed by atoms with Crippen molar-refractivity contribution < 1.29 is 19.2 Å². The van der Waals surface area contributed by atoms with Crippen LogP contribution in [0, 0.1) is 5.92 Å². The van der Waals surface area contributed by atoms with E-state index in [4.69, 9.17) is 16.6 Å². The molecule has 0 aromatic carbocycles. The van der Waals surface area contributed by atoms with Crippen LogP contribution < -0.4 is 16.0 Å². The van der Waals surface area contributed by atoms with Gasteiger partial charge in [-0.05, 0) is 66.1 Å². The second-order valence-corrected chi connectivity index (χ2v) is 13.0. The summed E-state index contributed by atoms with van der Waals surface area (Å²) in [4.78, 5) is 65.1. The van der Waals surface area contributed by atoms with Crippen molar-refractivity contribution in [1.29, 1.82) is 0 Å². The van der Waals surface area contributed by atoms with Crippen LogP contribution in [-0.4, -0.2) is 76.6 Å². The fourth-order valence-electron chi connectivity index (χ4n) is 5.44. The smallest absolute Gasteiger partial charge is 0.314 e. The molecule has 0 bridgehead atoms. The summed E-state index contributed by atoms with van der Waals surface area (Å²) < 4.78 is 0. The van der Waals surface area contributed by atoms with Crippen LogP contribution in [0.1, 0.15) is 67.3 Å². The van der Waals surface area contributed by atoms with E-state index in [-0.39, 0.29) is 34.6 Å². The maximum atomic E-state index is 13.5. The minimum absolute atomic E-state index is 0.0460. The first-order valence-corrected chi connectivity index (χ1v) is 14.3. The summed E-state index contributed by atoms with van der Waals surface area (Å²) in [6.45, 7) is 8.37. The number of amides is 4. The molecule has 1 aliphatic heterocycles. The molecular weight excluding hydrogens is 554 g/mol. The van der Waals surface area contributed by atoms with E-state index in [0.717, 1.165) is 10.6 Å². The van der Waals surface area contributed by atoms with Crippen molar-refractivity contribution in [3.8, 4) is 0 Å². The molecule has 3 N–H and O–H groups in total. The number of pyridine rings is 1. The van der Waals surface area contributed by atoms with Crippen LogP contribution in [0.4, 0.5) is 5.82 Å². The van der Waals surface area contributed by atoms with Crippen LogP contribution in [0.25, 0.3) is 0 Å². The van der Waals surface area contributed by atoms with Gasteiger partial charge in [0.2, 0.25) is 5.91 Å². The third-order valence-corrected chi connectivity index (χ3v) is 9.67. The van der Waals surface area contributed by atoms with Crippen molar-refractivity contribution in [2.75, 3.05) is 26.5 Å². The molecule has 4 rings (SSSR count). The summed E-state index contributed by atoms with van der Waals surface area (Å²) >= 11 is 7.19. The standard InChI is InChI=1S/C27H36ClN7O4S/c1-26(2)19-20(27(3,4)35(26)7)40-24(33-19)23(38)31-17-12-14(25(39)34(5)6)8-10-16(17)30-21(36)22(37)32-18-11-9-15(28)13-29-18/h9,11,13-14,16-17H,8,10,12H2,1-7H3,(H,30,36)(H,31,38)(H,29,32,37)/t14-,16-,17+/m0/s1. The monoisotopic (exact) mass is 589 g/mol. The van der Waals surface area contributed by atoms with E-state index in [1.54, 1.807) is 20.2 Å². The maximum Gasteiger partial charge on any atom is 0.314 e. The SMILES string of the molecule is CN(C)C(=O)[C@H]1CC[C@H](NC(=O)C(=O)Nc2ccc(Cl)cn2)[C@H](NC(=O)c2nc3c(s2)C(C)(C)N(C)C3(C)C)C1. The summed E-state index contributed by atoms with van der Waals surface area (Å²) in [6.07, 6.45) is 2.60.